The summed E-state index contributed by atoms with van der Waals surface area (Å²) in [5.41, 5.74) is 2.36. The Bertz CT molecular complexity index is 987. The smallest absolute Gasteiger partial charge is 0.250 e. The number of carbonyl (C=O) groups excluding carboxylic acids is 1. The van der Waals surface area contributed by atoms with Gasteiger partial charge in [-0.2, -0.15) is 0 Å². The second-order valence-corrected chi connectivity index (χ2v) is 7.06. The Kier molecular flexibility index (Phi) is 6.62. The van der Waals surface area contributed by atoms with Gasteiger partial charge in [0.05, 0.1) is 19.9 Å². The van der Waals surface area contributed by atoms with Gasteiger partial charge in [0.1, 0.15) is 0 Å². The summed E-state index contributed by atoms with van der Waals surface area (Å²) >= 11 is 2.81. The summed E-state index contributed by atoms with van der Waals surface area (Å²) in [5.74, 6) is 0.994. The number of thioether (sulfide) groups is 1. The van der Waals surface area contributed by atoms with Crippen LogP contribution in [0.4, 0.5) is 5.13 Å². The summed E-state index contributed by atoms with van der Waals surface area (Å²) in [5, 5.41) is 5.82. The number of thiazole rings is 1. The number of nitrogens with zero attached hydrogens (tertiary/aromatic N) is 3. The van der Waals surface area contributed by atoms with Crippen molar-refractivity contribution in [3.63, 3.8) is 0 Å². The second-order valence-electron chi connectivity index (χ2n) is 5.43. The molecule has 0 bridgehead atoms. The minimum absolute atomic E-state index is 0.276. The predicted octanol–water partition coefficient (Wildman–Crippen LogP) is 3.99. The van der Waals surface area contributed by atoms with Crippen LogP contribution in [0.1, 0.15) is 5.56 Å². The summed E-state index contributed by atoms with van der Waals surface area (Å²) in [4.78, 5) is 24.9. The second kappa shape index (κ2) is 9.34. The molecule has 2 aromatic heterocycles. The van der Waals surface area contributed by atoms with E-state index in [1.165, 1.54) is 29.2 Å². The number of carbonyl (C=O) groups is 1. The Morgan fingerprint density at radius 2 is 1.93 bits per heavy atom. The molecular weight excluding hydrogens is 396 g/mol. The highest BCUT2D eigenvalue weighted by atomic mass is 32.2. The predicted molar refractivity (Wildman–Crippen MR) is 112 cm³/mol. The maximum absolute atomic E-state index is 12.1. The van der Waals surface area contributed by atoms with Crippen molar-refractivity contribution in [3.05, 3.63) is 47.6 Å². The van der Waals surface area contributed by atoms with Crippen LogP contribution >= 0.6 is 23.1 Å². The molecule has 0 aliphatic carbocycles. The van der Waals surface area contributed by atoms with Gasteiger partial charge in [0.25, 0.3) is 0 Å². The highest BCUT2D eigenvalue weighted by Crippen LogP contribution is 2.33. The fourth-order valence-corrected chi connectivity index (χ4v) is 3.33. The van der Waals surface area contributed by atoms with E-state index in [0.29, 0.717) is 21.8 Å². The van der Waals surface area contributed by atoms with Gasteiger partial charge < -0.3 is 9.47 Å². The van der Waals surface area contributed by atoms with Gasteiger partial charge in [0, 0.05) is 35.0 Å². The molecule has 0 fully saturated rings. The summed E-state index contributed by atoms with van der Waals surface area (Å²) in [6.45, 7) is 0. The average molecular weight is 415 g/mol. The molecule has 28 heavy (non-hydrogen) atoms. The number of nitrogens with one attached hydrogen (secondary N) is 1. The van der Waals surface area contributed by atoms with Crippen molar-refractivity contribution in [3.8, 4) is 22.8 Å². The van der Waals surface area contributed by atoms with Crippen LogP contribution in [0.15, 0.2) is 47.2 Å². The summed E-state index contributed by atoms with van der Waals surface area (Å²) < 4.78 is 10.6. The molecule has 1 amide bonds. The largest absolute Gasteiger partial charge is 0.493 e. The van der Waals surface area contributed by atoms with E-state index in [9.17, 15) is 4.79 Å². The van der Waals surface area contributed by atoms with Gasteiger partial charge in [-0.25, -0.2) is 15.0 Å². The Hall–Kier alpha value is -2.91. The Labute approximate surface area is 170 Å². The lowest BCUT2D eigenvalue weighted by molar-refractivity contribution is -0.111. The number of anilines is 1. The van der Waals surface area contributed by atoms with Crippen LogP contribution in [0.3, 0.4) is 0 Å². The molecule has 0 unspecified atom stereocenters. The Morgan fingerprint density at radius 1 is 1.18 bits per heavy atom. The van der Waals surface area contributed by atoms with Crippen LogP contribution in [-0.4, -0.2) is 41.3 Å². The van der Waals surface area contributed by atoms with Crippen LogP contribution in [0.5, 0.6) is 11.5 Å². The summed E-state index contributed by atoms with van der Waals surface area (Å²) in [6.07, 6.45) is 8.32. The monoisotopic (exact) mass is 414 g/mol. The van der Waals surface area contributed by atoms with Crippen LogP contribution in [-0.2, 0) is 4.79 Å². The number of aromatic nitrogens is 3. The fraction of sp³-hybridized carbons (Fsp3) is 0.158. The van der Waals surface area contributed by atoms with E-state index >= 15 is 0 Å². The van der Waals surface area contributed by atoms with Crippen molar-refractivity contribution in [2.45, 2.75) is 5.16 Å². The maximum Gasteiger partial charge on any atom is 0.250 e. The van der Waals surface area contributed by atoms with Crippen LogP contribution in [0, 0.1) is 0 Å². The lowest BCUT2D eigenvalue weighted by Gasteiger charge is -2.08. The minimum atomic E-state index is -0.276. The van der Waals surface area contributed by atoms with Crippen molar-refractivity contribution >= 4 is 40.2 Å². The molecule has 1 N–H and O–H groups in total. The zero-order valence-electron chi connectivity index (χ0n) is 15.5. The molecule has 3 aromatic rings. The van der Waals surface area contributed by atoms with Gasteiger partial charge in [0.15, 0.2) is 21.8 Å². The van der Waals surface area contributed by atoms with Gasteiger partial charge in [0.2, 0.25) is 5.91 Å². The third-order valence-corrected chi connectivity index (χ3v) is 5.01. The molecule has 0 atom stereocenters. The number of hydrogen-bond donors (Lipinski definition) is 1. The summed E-state index contributed by atoms with van der Waals surface area (Å²) in [6, 6.07) is 5.55. The molecule has 0 aliphatic rings. The van der Waals surface area contributed by atoms with Gasteiger partial charge >= 0.3 is 0 Å². The zero-order valence-corrected chi connectivity index (χ0v) is 17.1. The molecule has 0 aliphatic heterocycles. The summed E-state index contributed by atoms with van der Waals surface area (Å²) in [7, 11) is 3.17. The van der Waals surface area contributed by atoms with E-state index in [1.54, 1.807) is 32.7 Å². The first-order valence-electron chi connectivity index (χ1n) is 8.16. The molecule has 144 valence electrons. The number of ether oxygens (including phenoxy) is 2. The molecule has 3 rings (SSSR count). The van der Waals surface area contributed by atoms with Crippen LogP contribution in [0.25, 0.3) is 17.3 Å². The Morgan fingerprint density at radius 3 is 2.61 bits per heavy atom. The van der Waals surface area contributed by atoms with E-state index in [1.807, 2.05) is 29.8 Å². The first-order valence-corrected chi connectivity index (χ1v) is 10.3. The molecule has 0 saturated carbocycles. The molecule has 7 nitrogen and oxygen atoms in total. The van der Waals surface area contributed by atoms with E-state index in [4.69, 9.17) is 9.47 Å². The number of hydrogen-bond acceptors (Lipinski definition) is 8. The van der Waals surface area contributed by atoms with Gasteiger partial charge in [-0.3, -0.25) is 10.1 Å². The highest BCUT2D eigenvalue weighted by Gasteiger charge is 2.10. The number of amides is 1. The first-order chi connectivity index (χ1) is 13.6. The van der Waals surface area contributed by atoms with Crippen molar-refractivity contribution < 1.29 is 14.3 Å². The van der Waals surface area contributed by atoms with Gasteiger partial charge in [-0.1, -0.05) is 11.8 Å². The van der Waals surface area contributed by atoms with E-state index in [-0.39, 0.29) is 5.91 Å². The molecular formula is C19H18N4O3S2. The number of benzene rings is 1. The van der Waals surface area contributed by atoms with E-state index < -0.39 is 0 Å². The van der Waals surface area contributed by atoms with Crippen molar-refractivity contribution in [2.75, 3.05) is 25.8 Å². The SMILES string of the molecule is COc1ccc(-c2csc(NC(=O)/C=C/c3cnc(SC)nc3)n2)cc1OC. The number of rotatable bonds is 7. The van der Waals surface area contributed by atoms with Crippen molar-refractivity contribution in [2.24, 2.45) is 0 Å². The normalized spacial score (nSPS) is 10.8. The minimum Gasteiger partial charge on any atom is -0.493 e. The lowest BCUT2D eigenvalue weighted by Crippen LogP contribution is -2.07. The fourth-order valence-electron chi connectivity index (χ4n) is 2.30. The van der Waals surface area contributed by atoms with Gasteiger partial charge in [-0.05, 0) is 30.5 Å². The topological polar surface area (TPSA) is 86.2 Å². The molecule has 0 spiro atoms. The average Bonchev–Trinajstić information content (AvgIpc) is 3.20. The molecule has 0 saturated heterocycles. The van der Waals surface area contributed by atoms with Crippen LogP contribution < -0.4 is 14.8 Å². The van der Waals surface area contributed by atoms with E-state index in [0.717, 1.165) is 16.8 Å². The van der Waals surface area contributed by atoms with Crippen LogP contribution in [0.2, 0.25) is 0 Å². The van der Waals surface area contributed by atoms with Crippen molar-refractivity contribution in [1.82, 2.24) is 15.0 Å². The molecule has 9 heteroatoms. The number of methoxy groups -OCH3 is 2. The van der Waals surface area contributed by atoms with Gasteiger partial charge in [-0.15, -0.1) is 11.3 Å². The third-order valence-electron chi connectivity index (χ3n) is 3.67. The first kappa shape index (κ1) is 19.8. The maximum atomic E-state index is 12.1. The van der Waals surface area contributed by atoms with E-state index in [2.05, 4.69) is 20.3 Å². The quantitative estimate of drug-likeness (QED) is 0.355. The molecule has 2 heterocycles. The highest BCUT2D eigenvalue weighted by molar-refractivity contribution is 7.98. The zero-order chi connectivity index (χ0) is 19.9. The third kappa shape index (κ3) is 4.87. The van der Waals surface area contributed by atoms with Crippen molar-refractivity contribution in [1.29, 1.82) is 0 Å². The lowest BCUT2D eigenvalue weighted by atomic mass is 10.1. The molecule has 0 radical (unpaired) electrons. The molecule has 1 aromatic carbocycles. The standard InChI is InChI=1S/C19H18N4O3S2/c1-25-15-6-5-13(8-16(15)26-2)14-11-28-19(22-14)23-17(24)7-4-12-9-20-18(27-3)21-10-12/h4-11H,1-3H3,(H,22,23,24)/b7-4+. The Balaban J connectivity index is 1.66.